The van der Waals surface area contributed by atoms with Gasteiger partial charge in [0.2, 0.25) is 0 Å². The van der Waals surface area contributed by atoms with Crippen LogP contribution in [0.5, 0.6) is 0 Å². The van der Waals surface area contributed by atoms with Gasteiger partial charge in [-0.05, 0) is 44.4 Å². The number of benzene rings is 1. The summed E-state index contributed by atoms with van der Waals surface area (Å²) in [6, 6.07) is 8.00. The Morgan fingerprint density at radius 3 is 2.39 bits per heavy atom. The molecular weight excluding hydrogens is 226 g/mol. The van der Waals surface area contributed by atoms with Crippen LogP contribution >= 0.6 is 0 Å². The van der Waals surface area contributed by atoms with Gasteiger partial charge >= 0.3 is 0 Å². The van der Waals surface area contributed by atoms with E-state index >= 15 is 0 Å². The molecule has 18 heavy (non-hydrogen) atoms. The first-order valence-electron chi connectivity index (χ1n) is 6.45. The molecule has 0 aliphatic heterocycles. The van der Waals surface area contributed by atoms with Crippen molar-refractivity contribution in [2.75, 3.05) is 12.4 Å². The second-order valence-electron chi connectivity index (χ2n) is 4.97. The van der Waals surface area contributed by atoms with Crippen LogP contribution in [0.3, 0.4) is 0 Å². The van der Waals surface area contributed by atoms with Crippen LogP contribution in [0.2, 0.25) is 0 Å². The van der Waals surface area contributed by atoms with E-state index in [1.165, 1.54) is 25.5 Å². The summed E-state index contributed by atoms with van der Waals surface area (Å²) < 4.78 is 5.14. The lowest BCUT2D eigenvalue weighted by atomic mass is 10.1. The lowest BCUT2D eigenvalue weighted by molar-refractivity contribution is -0.133. The number of nitrogens with one attached hydrogen (secondary N) is 1. The summed E-state index contributed by atoms with van der Waals surface area (Å²) in [6.45, 7) is 5.68. The monoisotopic (exact) mass is 249 g/mol. The van der Waals surface area contributed by atoms with Gasteiger partial charge in [0.05, 0.1) is 0 Å². The highest BCUT2D eigenvalue weighted by atomic mass is 16.5. The highest BCUT2D eigenvalue weighted by Crippen LogP contribution is 2.15. The first-order valence-corrected chi connectivity index (χ1v) is 6.45. The number of rotatable bonds is 6. The Labute approximate surface area is 110 Å². The predicted octanol–water partition coefficient (Wildman–Crippen LogP) is 3.39. The molecule has 0 unspecified atom stereocenters. The van der Waals surface area contributed by atoms with Crippen LogP contribution in [0.1, 0.15) is 39.2 Å². The van der Waals surface area contributed by atoms with Gasteiger partial charge in [-0.2, -0.15) is 0 Å². The van der Waals surface area contributed by atoms with E-state index < -0.39 is 5.60 Å². The fourth-order valence-corrected chi connectivity index (χ4v) is 1.51. The minimum atomic E-state index is -0.805. The minimum absolute atomic E-state index is 0.133. The topological polar surface area (TPSA) is 38.3 Å². The number of anilines is 1. The van der Waals surface area contributed by atoms with E-state index in [-0.39, 0.29) is 5.91 Å². The molecule has 1 rings (SSSR count). The van der Waals surface area contributed by atoms with Crippen LogP contribution in [0.25, 0.3) is 0 Å². The molecule has 1 aromatic rings. The van der Waals surface area contributed by atoms with Gasteiger partial charge in [-0.3, -0.25) is 4.79 Å². The molecular formula is C15H23NO2. The molecule has 100 valence electrons. The van der Waals surface area contributed by atoms with Crippen LogP contribution in [-0.4, -0.2) is 18.6 Å². The summed E-state index contributed by atoms with van der Waals surface area (Å²) >= 11 is 0. The van der Waals surface area contributed by atoms with E-state index in [0.29, 0.717) is 0 Å². The Morgan fingerprint density at radius 2 is 1.89 bits per heavy atom. The molecule has 0 atom stereocenters. The first kappa shape index (κ1) is 14.7. The van der Waals surface area contributed by atoms with Crippen LogP contribution in [-0.2, 0) is 16.0 Å². The molecule has 0 saturated carbocycles. The van der Waals surface area contributed by atoms with E-state index in [2.05, 4.69) is 24.4 Å². The van der Waals surface area contributed by atoms with E-state index in [9.17, 15) is 4.79 Å². The van der Waals surface area contributed by atoms with Crippen molar-refractivity contribution in [1.82, 2.24) is 0 Å². The molecule has 1 N–H and O–H groups in total. The standard InChI is InChI=1S/C15H23NO2/c1-5-6-7-12-8-10-13(11-9-12)16-14(17)15(2,3)18-4/h8-11H,5-7H2,1-4H3,(H,16,17). The van der Waals surface area contributed by atoms with Gasteiger partial charge in [-0.15, -0.1) is 0 Å². The van der Waals surface area contributed by atoms with Crippen molar-refractivity contribution < 1.29 is 9.53 Å². The number of amides is 1. The third-order valence-electron chi connectivity index (χ3n) is 3.09. The van der Waals surface area contributed by atoms with Gasteiger partial charge in [0, 0.05) is 12.8 Å². The fraction of sp³-hybridized carbons (Fsp3) is 0.533. The molecule has 0 aliphatic carbocycles. The average Bonchev–Trinajstić information content (AvgIpc) is 2.37. The summed E-state index contributed by atoms with van der Waals surface area (Å²) in [5.74, 6) is -0.133. The largest absolute Gasteiger partial charge is 0.369 e. The van der Waals surface area contributed by atoms with Crippen LogP contribution < -0.4 is 5.32 Å². The first-order chi connectivity index (χ1) is 8.49. The van der Waals surface area contributed by atoms with Gasteiger partial charge < -0.3 is 10.1 Å². The quantitative estimate of drug-likeness (QED) is 0.839. The molecule has 0 saturated heterocycles. The maximum Gasteiger partial charge on any atom is 0.256 e. The van der Waals surface area contributed by atoms with Gasteiger partial charge in [-0.25, -0.2) is 0 Å². The zero-order chi connectivity index (χ0) is 13.6. The van der Waals surface area contributed by atoms with Crippen molar-refractivity contribution >= 4 is 11.6 Å². The fourth-order valence-electron chi connectivity index (χ4n) is 1.51. The number of carbonyl (C=O) groups excluding carboxylic acids is 1. The van der Waals surface area contributed by atoms with Crippen molar-refractivity contribution in [3.05, 3.63) is 29.8 Å². The summed E-state index contributed by atoms with van der Waals surface area (Å²) in [5.41, 5.74) is 1.31. The van der Waals surface area contributed by atoms with Crippen LogP contribution in [0.4, 0.5) is 5.69 Å². The SMILES string of the molecule is CCCCc1ccc(NC(=O)C(C)(C)OC)cc1. The Bertz CT molecular complexity index is 382. The van der Waals surface area contributed by atoms with Gasteiger partial charge in [0.25, 0.3) is 5.91 Å². The van der Waals surface area contributed by atoms with Crippen molar-refractivity contribution in [3.63, 3.8) is 0 Å². The second kappa shape index (κ2) is 6.55. The summed E-state index contributed by atoms with van der Waals surface area (Å²) in [7, 11) is 1.54. The molecule has 1 amide bonds. The highest BCUT2D eigenvalue weighted by molar-refractivity contribution is 5.96. The number of unbranched alkanes of at least 4 members (excludes halogenated alkanes) is 1. The number of hydrogen-bond donors (Lipinski definition) is 1. The number of hydrogen-bond acceptors (Lipinski definition) is 2. The molecule has 0 fully saturated rings. The highest BCUT2D eigenvalue weighted by Gasteiger charge is 2.26. The second-order valence-corrected chi connectivity index (χ2v) is 4.97. The van der Waals surface area contributed by atoms with Gasteiger partial charge in [0.15, 0.2) is 0 Å². The average molecular weight is 249 g/mol. The lowest BCUT2D eigenvalue weighted by Crippen LogP contribution is -2.38. The molecule has 3 heteroatoms. The van der Waals surface area contributed by atoms with Crippen molar-refractivity contribution in [2.45, 2.75) is 45.6 Å². The Balaban J connectivity index is 2.61. The number of methoxy groups -OCH3 is 1. The summed E-state index contributed by atoms with van der Waals surface area (Å²) in [6.07, 6.45) is 3.48. The molecule has 0 bridgehead atoms. The van der Waals surface area contributed by atoms with Crippen LogP contribution in [0.15, 0.2) is 24.3 Å². The zero-order valence-corrected chi connectivity index (χ0v) is 11.7. The maximum atomic E-state index is 11.9. The van der Waals surface area contributed by atoms with E-state index in [0.717, 1.165) is 12.1 Å². The summed E-state index contributed by atoms with van der Waals surface area (Å²) in [4.78, 5) is 11.9. The van der Waals surface area contributed by atoms with Crippen molar-refractivity contribution in [2.24, 2.45) is 0 Å². The number of ether oxygens (including phenoxy) is 1. The van der Waals surface area contributed by atoms with E-state index in [1.807, 2.05) is 12.1 Å². The number of carbonyl (C=O) groups is 1. The molecule has 0 radical (unpaired) electrons. The molecule has 0 heterocycles. The van der Waals surface area contributed by atoms with Gasteiger partial charge in [-0.1, -0.05) is 25.5 Å². The summed E-state index contributed by atoms with van der Waals surface area (Å²) in [5, 5.41) is 2.85. The lowest BCUT2D eigenvalue weighted by Gasteiger charge is -2.21. The third kappa shape index (κ3) is 4.15. The van der Waals surface area contributed by atoms with E-state index in [4.69, 9.17) is 4.74 Å². The molecule has 0 spiro atoms. The van der Waals surface area contributed by atoms with Crippen molar-refractivity contribution in [3.8, 4) is 0 Å². The minimum Gasteiger partial charge on any atom is -0.369 e. The third-order valence-corrected chi connectivity index (χ3v) is 3.09. The smallest absolute Gasteiger partial charge is 0.256 e. The number of aryl methyl sites for hydroxylation is 1. The zero-order valence-electron chi connectivity index (χ0n) is 11.7. The molecule has 1 aromatic carbocycles. The Morgan fingerprint density at radius 1 is 1.28 bits per heavy atom. The predicted molar refractivity (Wildman–Crippen MR) is 74.8 cm³/mol. The van der Waals surface area contributed by atoms with Crippen molar-refractivity contribution in [1.29, 1.82) is 0 Å². The normalized spacial score (nSPS) is 11.3. The Kier molecular flexibility index (Phi) is 5.35. The van der Waals surface area contributed by atoms with E-state index in [1.54, 1.807) is 13.8 Å². The molecule has 3 nitrogen and oxygen atoms in total. The maximum absolute atomic E-state index is 11.9. The van der Waals surface area contributed by atoms with Gasteiger partial charge in [0.1, 0.15) is 5.60 Å². The molecule has 0 aliphatic rings. The Hall–Kier alpha value is -1.35. The molecule has 0 aromatic heterocycles. The van der Waals surface area contributed by atoms with Crippen LogP contribution in [0, 0.1) is 0 Å².